The molecule has 0 unspecified atom stereocenters. The van der Waals surface area contributed by atoms with Crippen LogP contribution in [-0.4, -0.2) is 48.3 Å². The van der Waals surface area contributed by atoms with Crippen molar-refractivity contribution in [1.82, 2.24) is 15.1 Å². The van der Waals surface area contributed by atoms with Gasteiger partial charge >= 0.3 is 11.8 Å². The van der Waals surface area contributed by atoms with Crippen LogP contribution in [0.3, 0.4) is 0 Å². The third-order valence-electron chi connectivity index (χ3n) is 2.20. The van der Waals surface area contributed by atoms with Gasteiger partial charge in [0.15, 0.2) is 0 Å². The summed E-state index contributed by atoms with van der Waals surface area (Å²) in [6, 6.07) is 0.401. The zero-order valence-electron chi connectivity index (χ0n) is 7.49. The monoisotopic (exact) mass is 184 g/mol. The Labute approximate surface area is 75.1 Å². The molecule has 1 aromatic heterocycles. The molecule has 0 aliphatic carbocycles. The summed E-state index contributed by atoms with van der Waals surface area (Å²) in [5, 5.41) is 6.02. The van der Waals surface area contributed by atoms with E-state index in [0.29, 0.717) is 6.01 Å². The fraction of sp³-hybridized carbons (Fsp3) is 0.714. The summed E-state index contributed by atoms with van der Waals surface area (Å²) in [5.41, 5.74) is 0. The first-order valence-corrected chi connectivity index (χ1v) is 4.25. The fourth-order valence-corrected chi connectivity index (χ4v) is 1.36. The van der Waals surface area contributed by atoms with Crippen LogP contribution in [-0.2, 0) is 0 Å². The lowest BCUT2D eigenvalue weighted by Crippen LogP contribution is -2.44. The molecule has 2 rings (SSSR count). The Hall–Kier alpha value is -1.30. The molecular weight excluding hydrogens is 172 g/mol. The van der Waals surface area contributed by atoms with Crippen molar-refractivity contribution >= 4 is 6.01 Å². The van der Waals surface area contributed by atoms with E-state index in [4.69, 9.17) is 4.42 Å². The Morgan fingerprint density at radius 2 is 2.08 bits per heavy atom. The van der Waals surface area contributed by atoms with Gasteiger partial charge in [-0.05, 0) is 7.05 Å². The lowest BCUT2D eigenvalue weighted by Gasteiger charge is -2.30. The van der Waals surface area contributed by atoms with Crippen LogP contribution in [0.5, 0.6) is 0 Å². The van der Waals surface area contributed by atoms with Crippen molar-refractivity contribution in [3.8, 4) is 0 Å². The van der Waals surface area contributed by atoms with Gasteiger partial charge in [0, 0.05) is 26.2 Å². The van der Waals surface area contributed by atoms with Crippen molar-refractivity contribution < 1.29 is 4.42 Å². The van der Waals surface area contributed by atoms with E-state index < -0.39 is 5.76 Å². The smallest absolute Gasteiger partial charge is 0.373 e. The van der Waals surface area contributed by atoms with E-state index in [9.17, 15) is 4.79 Å². The molecule has 13 heavy (non-hydrogen) atoms. The second kappa shape index (κ2) is 3.21. The van der Waals surface area contributed by atoms with Crippen LogP contribution in [0.4, 0.5) is 6.01 Å². The predicted molar refractivity (Wildman–Crippen MR) is 46.8 cm³/mol. The Morgan fingerprint density at radius 1 is 1.38 bits per heavy atom. The number of rotatable bonds is 1. The van der Waals surface area contributed by atoms with Gasteiger partial charge in [0.2, 0.25) is 0 Å². The van der Waals surface area contributed by atoms with E-state index >= 15 is 0 Å². The van der Waals surface area contributed by atoms with Crippen LogP contribution in [0.1, 0.15) is 0 Å². The third kappa shape index (κ3) is 1.72. The van der Waals surface area contributed by atoms with Gasteiger partial charge in [0.05, 0.1) is 0 Å². The van der Waals surface area contributed by atoms with Crippen LogP contribution >= 0.6 is 0 Å². The maximum atomic E-state index is 10.7. The van der Waals surface area contributed by atoms with Gasteiger partial charge in [-0.2, -0.15) is 0 Å². The molecule has 0 radical (unpaired) electrons. The van der Waals surface area contributed by atoms with Gasteiger partial charge in [-0.3, -0.25) is 0 Å². The van der Waals surface area contributed by atoms with E-state index in [1.165, 1.54) is 0 Å². The summed E-state index contributed by atoms with van der Waals surface area (Å²) < 4.78 is 4.84. The van der Waals surface area contributed by atoms with E-state index in [1.807, 2.05) is 4.90 Å². The zero-order valence-corrected chi connectivity index (χ0v) is 7.49. The first-order chi connectivity index (χ1) is 6.25. The van der Waals surface area contributed by atoms with Crippen molar-refractivity contribution in [2.75, 3.05) is 38.1 Å². The SMILES string of the molecule is CN1CCN(c2n[nH]c(=O)o2)CC1. The maximum Gasteiger partial charge on any atom is 0.435 e. The minimum atomic E-state index is -0.492. The first kappa shape index (κ1) is 8.31. The molecule has 1 aliphatic heterocycles. The van der Waals surface area contributed by atoms with Crippen molar-refractivity contribution in [3.05, 3.63) is 10.6 Å². The number of aromatic nitrogens is 2. The van der Waals surface area contributed by atoms with Crippen molar-refractivity contribution in [2.45, 2.75) is 0 Å². The molecule has 1 N–H and O–H groups in total. The number of anilines is 1. The minimum absolute atomic E-state index is 0.401. The number of nitrogens with one attached hydrogen (secondary N) is 1. The highest BCUT2D eigenvalue weighted by Gasteiger charge is 2.17. The van der Waals surface area contributed by atoms with Crippen molar-refractivity contribution in [3.63, 3.8) is 0 Å². The third-order valence-corrected chi connectivity index (χ3v) is 2.20. The minimum Gasteiger partial charge on any atom is -0.373 e. The lowest BCUT2D eigenvalue weighted by atomic mass is 10.3. The average Bonchev–Trinajstić information content (AvgIpc) is 2.53. The number of H-pyrrole nitrogens is 1. The van der Waals surface area contributed by atoms with Gasteiger partial charge in [-0.15, -0.1) is 5.10 Å². The summed E-state index contributed by atoms with van der Waals surface area (Å²) in [7, 11) is 2.07. The van der Waals surface area contributed by atoms with Gasteiger partial charge in [0.1, 0.15) is 0 Å². The highest BCUT2D eigenvalue weighted by molar-refractivity contribution is 5.23. The van der Waals surface area contributed by atoms with Gasteiger partial charge < -0.3 is 14.2 Å². The molecule has 0 atom stereocenters. The normalized spacial score (nSPS) is 19.3. The Bertz CT molecular complexity index is 323. The van der Waals surface area contributed by atoms with Gasteiger partial charge in [-0.25, -0.2) is 9.89 Å². The van der Waals surface area contributed by atoms with Crippen LogP contribution in [0.25, 0.3) is 0 Å². The molecule has 2 heterocycles. The molecular formula is C7H12N4O2. The molecule has 1 saturated heterocycles. The molecule has 1 fully saturated rings. The van der Waals surface area contributed by atoms with Crippen LogP contribution in [0, 0.1) is 0 Å². The molecule has 0 saturated carbocycles. The number of likely N-dealkylation sites (N-methyl/N-ethyl adjacent to an activating group) is 1. The number of hydrogen-bond acceptors (Lipinski definition) is 5. The largest absolute Gasteiger partial charge is 0.435 e. The van der Waals surface area contributed by atoms with Crippen LogP contribution in [0.15, 0.2) is 9.21 Å². The molecule has 1 aromatic rings. The second-order valence-corrected chi connectivity index (χ2v) is 3.19. The highest BCUT2D eigenvalue weighted by Crippen LogP contribution is 2.08. The van der Waals surface area contributed by atoms with Gasteiger partial charge in [0.25, 0.3) is 0 Å². The number of piperazine rings is 1. The number of nitrogens with zero attached hydrogens (tertiary/aromatic N) is 3. The molecule has 0 spiro atoms. The molecule has 6 nitrogen and oxygen atoms in total. The molecule has 0 aromatic carbocycles. The standard InChI is InChI=1S/C7H12N4O2/c1-10-2-4-11(5-3-10)6-8-9-7(12)13-6/h2-5H2,1H3,(H,9,12). The first-order valence-electron chi connectivity index (χ1n) is 4.25. The summed E-state index contributed by atoms with van der Waals surface area (Å²) >= 11 is 0. The quantitative estimate of drug-likeness (QED) is 0.613. The lowest BCUT2D eigenvalue weighted by molar-refractivity contribution is 0.304. The Morgan fingerprint density at radius 3 is 2.62 bits per heavy atom. The summed E-state index contributed by atoms with van der Waals surface area (Å²) in [4.78, 5) is 14.9. The predicted octanol–water partition coefficient (Wildman–Crippen LogP) is -0.885. The Balaban J connectivity index is 2.06. The summed E-state index contributed by atoms with van der Waals surface area (Å²) in [6.45, 7) is 3.64. The van der Waals surface area contributed by atoms with Crippen molar-refractivity contribution in [1.29, 1.82) is 0 Å². The second-order valence-electron chi connectivity index (χ2n) is 3.19. The van der Waals surface area contributed by atoms with E-state index in [-0.39, 0.29) is 0 Å². The zero-order chi connectivity index (χ0) is 9.26. The topological polar surface area (TPSA) is 65.4 Å². The fourth-order valence-electron chi connectivity index (χ4n) is 1.36. The molecule has 0 bridgehead atoms. The average molecular weight is 184 g/mol. The molecule has 72 valence electrons. The van der Waals surface area contributed by atoms with E-state index in [0.717, 1.165) is 26.2 Å². The summed E-state index contributed by atoms with van der Waals surface area (Å²) in [6.07, 6.45) is 0. The molecule has 1 aliphatic rings. The summed E-state index contributed by atoms with van der Waals surface area (Å²) in [5.74, 6) is -0.492. The van der Waals surface area contributed by atoms with Crippen LogP contribution in [0.2, 0.25) is 0 Å². The number of aromatic amines is 1. The van der Waals surface area contributed by atoms with E-state index in [2.05, 4.69) is 22.1 Å². The van der Waals surface area contributed by atoms with E-state index in [1.54, 1.807) is 0 Å². The highest BCUT2D eigenvalue weighted by atomic mass is 16.4. The number of hydrogen-bond donors (Lipinski definition) is 1. The van der Waals surface area contributed by atoms with Crippen LogP contribution < -0.4 is 10.7 Å². The molecule has 6 heteroatoms. The maximum absolute atomic E-state index is 10.7. The molecule has 0 amide bonds. The Kier molecular flexibility index (Phi) is 2.05. The van der Waals surface area contributed by atoms with Gasteiger partial charge in [-0.1, -0.05) is 0 Å². The van der Waals surface area contributed by atoms with Crippen molar-refractivity contribution in [2.24, 2.45) is 0 Å².